The molecule has 3 rings (SSSR count). The monoisotopic (exact) mass is 229 g/mol. The van der Waals surface area contributed by atoms with Gasteiger partial charge in [-0.1, -0.05) is 18.2 Å². The average molecular weight is 229 g/mol. The third-order valence-electron chi connectivity index (χ3n) is 2.75. The van der Waals surface area contributed by atoms with Crippen molar-refractivity contribution in [2.75, 3.05) is 0 Å². The number of thiophene rings is 1. The minimum Gasteiger partial charge on any atom is -0.472 e. The van der Waals surface area contributed by atoms with Gasteiger partial charge in [-0.05, 0) is 28.5 Å². The highest BCUT2D eigenvalue weighted by molar-refractivity contribution is 7.17. The summed E-state index contributed by atoms with van der Waals surface area (Å²) in [5.41, 5.74) is 8.40. The zero-order valence-electron chi connectivity index (χ0n) is 8.59. The standard InChI is InChI=1S/C13H11NOS/c14-13(9-5-6-15-7-9)11-8-16-12-4-2-1-3-10(11)12/h1-8,13H,14H2. The molecule has 0 aliphatic carbocycles. The first-order chi connectivity index (χ1) is 7.86. The molecular weight excluding hydrogens is 218 g/mol. The van der Waals surface area contributed by atoms with Crippen molar-refractivity contribution < 1.29 is 4.42 Å². The smallest absolute Gasteiger partial charge is 0.0953 e. The van der Waals surface area contributed by atoms with Gasteiger partial charge in [0.05, 0.1) is 18.6 Å². The summed E-state index contributed by atoms with van der Waals surface area (Å²) in [6.45, 7) is 0. The Kier molecular flexibility index (Phi) is 2.27. The van der Waals surface area contributed by atoms with Crippen molar-refractivity contribution in [3.63, 3.8) is 0 Å². The Morgan fingerprint density at radius 2 is 2.06 bits per heavy atom. The van der Waals surface area contributed by atoms with Crippen LogP contribution in [0.25, 0.3) is 10.1 Å². The molecule has 2 nitrogen and oxygen atoms in total. The molecule has 1 unspecified atom stereocenters. The van der Waals surface area contributed by atoms with Gasteiger partial charge in [0.15, 0.2) is 0 Å². The number of fused-ring (bicyclic) bond motifs is 1. The SMILES string of the molecule is NC(c1ccoc1)c1csc2ccccc12. The van der Waals surface area contributed by atoms with Crippen molar-refractivity contribution in [2.45, 2.75) is 6.04 Å². The fourth-order valence-electron chi connectivity index (χ4n) is 1.87. The van der Waals surface area contributed by atoms with E-state index in [4.69, 9.17) is 10.2 Å². The fourth-order valence-corrected chi connectivity index (χ4v) is 2.87. The Labute approximate surface area is 97.3 Å². The molecule has 3 heteroatoms. The van der Waals surface area contributed by atoms with Crippen molar-refractivity contribution in [3.05, 3.63) is 59.4 Å². The summed E-state index contributed by atoms with van der Waals surface area (Å²) in [4.78, 5) is 0. The van der Waals surface area contributed by atoms with Crippen molar-refractivity contribution in [3.8, 4) is 0 Å². The maximum absolute atomic E-state index is 6.22. The number of rotatable bonds is 2. The van der Waals surface area contributed by atoms with Crippen LogP contribution < -0.4 is 5.73 Å². The van der Waals surface area contributed by atoms with Crippen molar-refractivity contribution >= 4 is 21.4 Å². The summed E-state index contributed by atoms with van der Waals surface area (Å²) in [5, 5.41) is 3.36. The molecule has 3 aromatic rings. The van der Waals surface area contributed by atoms with E-state index in [1.54, 1.807) is 23.9 Å². The molecule has 0 amide bonds. The number of hydrogen-bond acceptors (Lipinski definition) is 3. The molecule has 0 saturated carbocycles. The second-order valence-corrected chi connectivity index (χ2v) is 4.63. The van der Waals surface area contributed by atoms with Gasteiger partial charge in [-0.15, -0.1) is 11.3 Å². The Balaban J connectivity index is 2.12. The number of furan rings is 1. The molecule has 16 heavy (non-hydrogen) atoms. The summed E-state index contributed by atoms with van der Waals surface area (Å²) in [6.07, 6.45) is 3.36. The van der Waals surface area contributed by atoms with E-state index in [2.05, 4.69) is 17.5 Å². The van der Waals surface area contributed by atoms with E-state index in [0.717, 1.165) is 5.56 Å². The summed E-state index contributed by atoms with van der Waals surface area (Å²) >= 11 is 1.73. The lowest BCUT2D eigenvalue weighted by Crippen LogP contribution is -2.09. The third-order valence-corrected chi connectivity index (χ3v) is 3.73. The highest BCUT2D eigenvalue weighted by Gasteiger charge is 2.14. The van der Waals surface area contributed by atoms with Gasteiger partial charge < -0.3 is 10.2 Å². The first-order valence-electron chi connectivity index (χ1n) is 5.10. The van der Waals surface area contributed by atoms with Gasteiger partial charge in [0.2, 0.25) is 0 Å². The van der Waals surface area contributed by atoms with Crippen LogP contribution in [0.15, 0.2) is 52.7 Å². The lowest BCUT2D eigenvalue weighted by Gasteiger charge is -2.07. The molecule has 2 heterocycles. The Bertz CT molecular complexity index is 597. The van der Waals surface area contributed by atoms with Crippen LogP contribution in [-0.4, -0.2) is 0 Å². The van der Waals surface area contributed by atoms with E-state index in [1.807, 2.05) is 18.2 Å². The van der Waals surface area contributed by atoms with Crippen LogP contribution in [0.5, 0.6) is 0 Å². The van der Waals surface area contributed by atoms with Gasteiger partial charge in [0, 0.05) is 10.3 Å². The molecule has 0 radical (unpaired) electrons. The molecular formula is C13H11NOS. The zero-order chi connectivity index (χ0) is 11.0. The molecule has 1 aromatic carbocycles. The van der Waals surface area contributed by atoms with Crippen molar-refractivity contribution in [1.82, 2.24) is 0 Å². The highest BCUT2D eigenvalue weighted by atomic mass is 32.1. The number of benzene rings is 1. The van der Waals surface area contributed by atoms with E-state index in [9.17, 15) is 0 Å². The first-order valence-corrected chi connectivity index (χ1v) is 5.98. The third kappa shape index (κ3) is 1.45. The van der Waals surface area contributed by atoms with E-state index in [0.29, 0.717) is 0 Å². The lowest BCUT2D eigenvalue weighted by molar-refractivity contribution is 0.562. The van der Waals surface area contributed by atoms with Gasteiger partial charge >= 0.3 is 0 Å². The van der Waals surface area contributed by atoms with E-state index in [-0.39, 0.29) is 6.04 Å². The molecule has 1 atom stereocenters. The van der Waals surface area contributed by atoms with Crippen LogP contribution in [-0.2, 0) is 0 Å². The molecule has 80 valence electrons. The summed E-state index contributed by atoms with van der Waals surface area (Å²) in [7, 11) is 0. The van der Waals surface area contributed by atoms with Crippen LogP contribution in [0, 0.1) is 0 Å². The summed E-state index contributed by atoms with van der Waals surface area (Å²) < 4.78 is 6.34. The maximum Gasteiger partial charge on any atom is 0.0953 e. The largest absolute Gasteiger partial charge is 0.472 e. The molecule has 0 saturated heterocycles. The molecule has 2 aromatic heterocycles. The molecule has 0 fully saturated rings. The van der Waals surface area contributed by atoms with Crippen molar-refractivity contribution in [1.29, 1.82) is 0 Å². The van der Waals surface area contributed by atoms with E-state index < -0.39 is 0 Å². The van der Waals surface area contributed by atoms with Crippen LogP contribution in [0.1, 0.15) is 17.2 Å². The predicted octanol–water partition coefficient (Wildman–Crippen LogP) is 3.54. The van der Waals surface area contributed by atoms with Crippen LogP contribution in [0.2, 0.25) is 0 Å². The maximum atomic E-state index is 6.22. The second-order valence-electron chi connectivity index (χ2n) is 3.72. The molecule has 0 spiro atoms. The highest BCUT2D eigenvalue weighted by Crippen LogP contribution is 2.32. The van der Waals surface area contributed by atoms with Crippen LogP contribution >= 0.6 is 11.3 Å². The second kappa shape index (κ2) is 3.77. The van der Waals surface area contributed by atoms with Crippen molar-refractivity contribution in [2.24, 2.45) is 5.73 Å². The number of hydrogen-bond donors (Lipinski definition) is 1. The minimum atomic E-state index is -0.102. The average Bonchev–Trinajstić information content (AvgIpc) is 2.98. The molecule has 0 bridgehead atoms. The Hall–Kier alpha value is -1.58. The summed E-state index contributed by atoms with van der Waals surface area (Å²) in [5.74, 6) is 0. The first kappa shape index (κ1) is 9.63. The normalized spacial score (nSPS) is 13.1. The van der Waals surface area contributed by atoms with Gasteiger partial charge in [0.25, 0.3) is 0 Å². The molecule has 2 N–H and O–H groups in total. The van der Waals surface area contributed by atoms with Gasteiger partial charge in [-0.2, -0.15) is 0 Å². The zero-order valence-corrected chi connectivity index (χ0v) is 9.41. The van der Waals surface area contributed by atoms with Crippen LogP contribution in [0.4, 0.5) is 0 Å². The van der Waals surface area contributed by atoms with Gasteiger partial charge in [-0.25, -0.2) is 0 Å². The fraction of sp³-hybridized carbons (Fsp3) is 0.0769. The Morgan fingerprint density at radius 1 is 1.19 bits per heavy atom. The molecule has 0 aliphatic heterocycles. The lowest BCUT2D eigenvalue weighted by atomic mass is 10.0. The minimum absolute atomic E-state index is 0.102. The van der Waals surface area contributed by atoms with E-state index >= 15 is 0 Å². The number of nitrogens with two attached hydrogens (primary N) is 1. The topological polar surface area (TPSA) is 39.2 Å². The quantitative estimate of drug-likeness (QED) is 0.730. The Morgan fingerprint density at radius 3 is 2.88 bits per heavy atom. The van der Waals surface area contributed by atoms with E-state index in [1.165, 1.54) is 15.6 Å². The molecule has 0 aliphatic rings. The van der Waals surface area contributed by atoms with Gasteiger partial charge in [0.1, 0.15) is 0 Å². The summed E-state index contributed by atoms with van der Waals surface area (Å²) in [6, 6.07) is 10.1. The predicted molar refractivity (Wildman–Crippen MR) is 66.6 cm³/mol. The van der Waals surface area contributed by atoms with Gasteiger partial charge in [-0.3, -0.25) is 0 Å². The van der Waals surface area contributed by atoms with Crippen LogP contribution in [0.3, 0.4) is 0 Å².